The standard InChI is InChI=1S/C25H29N7O/c1-16(2)32-24-21(14-27-32)20(13-22(28-24)18-7-8-18)25(33)29-23-11-12-26-31(23)15-17-5-9-19(10-6-17)30(3)4/h5-6,9-14,16,18H,7-8,15H2,1-4H3,(H,29,33). The highest BCUT2D eigenvalue weighted by atomic mass is 16.1. The molecule has 1 N–H and O–H groups in total. The van der Waals surface area contributed by atoms with Gasteiger partial charge in [0.05, 0.1) is 29.9 Å². The number of nitrogens with zero attached hydrogens (tertiary/aromatic N) is 6. The number of rotatable bonds is 7. The van der Waals surface area contributed by atoms with E-state index in [9.17, 15) is 4.79 Å². The Labute approximate surface area is 193 Å². The molecule has 0 saturated heterocycles. The molecule has 0 aliphatic heterocycles. The Balaban J connectivity index is 1.42. The second-order valence-electron chi connectivity index (χ2n) is 9.18. The number of hydrogen-bond donors (Lipinski definition) is 1. The Morgan fingerprint density at radius 2 is 1.91 bits per heavy atom. The van der Waals surface area contributed by atoms with E-state index in [1.165, 1.54) is 0 Å². The van der Waals surface area contributed by atoms with Crippen molar-refractivity contribution in [3.05, 3.63) is 65.6 Å². The normalized spacial score (nSPS) is 13.6. The van der Waals surface area contributed by atoms with Crippen LogP contribution in [0.3, 0.4) is 0 Å². The molecule has 0 radical (unpaired) electrons. The Bertz CT molecular complexity index is 1300. The van der Waals surface area contributed by atoms with Gasteiger partial charge in [-0.2, -0.15) is 10.2 Å². The molecule has 3 heterocycles. The average molecular weight is 444 g/mol. The number of benzene rings is 1. The summed E-state index contributed by atoms with van der Waals surface area (Å²) in [5.74, 6) is 0.926. The first-order valence-electron chi connectivity index (χ1n) is 11.4. The number of nitrogens with one attached hydrogen (secondary N) is 1. The Morgan fingerprint density at radius 1 is 1.15 bits per heavy atom. The zero-order valence-electron chi connectivity index (χ0n) is 19.5. The van der Waals surface area contributed by atoms with Gasteiger partial charge in [0, 0.05) is 43.5 Å². The number of carbonyl (C=O) groups excluding carboxylic acids is 1. The lowest BCUT2D eigenvalue weighted by molar-refractivity contribution is 0.102. The number of amides is 1. The third-order valence-corrected chi connectivity index (χ3v) is 6.06. The minimum Gasteiger partial charge on any atom is -0.378 e. The monoisotopic (exact) mass is 443 g/mol. The Hall–Kier alpha value is -3.68. The van der Waals surface area contributed by atoms with Crippen LogP contribution in [0.1, 0.15) is 60.3 Å². The molecule has 4 aromatic rings. The lowest BCUT2D eigenvalue weighted by Crippen LogP contribution is -2.17. The largest absolute Gasteiger partial charge is 0.378 e. The third-order valence-electron chi connectivity index (χ3n) is 6.06. The van der Waals surface area contributed by atoms with Crippen molar-refractivity contribution in [1.29, 1.82) is 0 Å². The summed E-state index contributed by atoms with van der Waals surface area (Å²) < 4.78 is 3.69. The molecule has 1 aliphatic carbocycles. The molecule has 8 nitrogen and oxygen atoms in total. The van der Waals surface area contributed by atoms with Gasteiger partial charge < -0.3 is 10.2 Å². The van der Waals surface area contributed by atoms with Crippen LogP contribution in [0.2, 0.25) is 0 Å². The zero-order chi connectivity index (χ0) is 23.1. The van der Waals surface area contributed by atoms with Crippen LogP contribution in [0.4, 0.5) is 11.5 Å². The maximum Gasteiger partial charge on any atom is 0.257 e. The summed E-state index contributed by atoms with van der Waals surface area (Å²) in [6.07, 6.45) is 5.69. The maximum atomic E-state index is 13.4. The molecule has 1 aliphatic rings. The zero-order valence-corrected chi connectivity index (χ0v) is 19.5. The van der Waals surface area contributed by atoms with E-state index < -0.39 is 0 Å². The van der Waals surface area contributed by atoms with E-state index in [0.717, 1.165) is 40.8 Å². The Morgan fingerprint density at radius 3 is 2.58 bits per heavy atom. The predicted molar refractivity (Wildman–Crippen MR) is 130 cm³/mol. The van der Waals surface area contributed by atoms with Crippen LogP contribution in [-0.2, 0) is 6.54 Å². The topological polar surface area (TPSA) is 80.9 Å². The summed E-state index contributed by atoms with van der Waals surface area (Å²) in [5.41, 5.74) is 4.61. The molecular weight excluding hydrogens is 414 g/mol. The van der Waals surface area contributed by atoms with E-state index in [1.807, 2.05) is 30.9 Å². The van der Waals surface area contributed by atoms with Gasteiger partial charge in [-0.3, -0.25) is 4.79 Å². The highest BCUT2D eigenvalue weighted by Crippen LogP contribution is 2.40. The van der Waals surface area contributed by atoms with Gasteiger partial charge in [0.25, 0.3) is 5.91 Å². The van der Waals surface area contributed by atoms with Crippen LogP contribution in [0.5, 0.6) is 0 Å². The molecule has 0 bridgehead atoms. The molecule has 3 aromatic heterocycles. The summed E-state index contributed by atoms with van der Waals surface area (Å²) in [6, 6.07) is 12.2. The van der Waals surface area contributed by atoms with Crippen molar-refractivity contribution in [3.8, 4) is 0 Å². The van der Waals surface area contributed by atoms with Crippen molar-refractivity contribution in [1.82, 2.24) is 24.5 Å². The number of aromatic nitrogens is 5. The number of fused-ring (bicyclic) bond motifs is 1. The summed E-state index contributed by atoms with van der Waals surface area (Å²) in [5, 5.41) is 12.8. The van der Waals surface area contributed by atoms with Crippen LogP contribution in [0, 0.1) is 0 Å². The first kappa shape index (κ1) is 21.2. The van der Waals surface area contributed by atoms with Crippen LogP contribution in [-0.4, -0.2) is 44.5 Å². The van der Waals surface area contributed by atoms with Gasteiger partial charge in [-0.25, -0.2) is 14.3 Å². The van der Waals surface area contributed by atoms with E-state index in [4.69, 9.17) is 4.98 Å². The van der Waals surface area contributed by atoms with Crippen molar-refractivity contribution in [2.24, 2.45) is 0 Å². The van der Waals surface area contributed by atoms with Crippen LogP contribution >= 0.6 is 0 Å². The van der Waals surface area contributed by atoms with Gasteiger partial charge in [0.1, 0.15) is 5.82 Å². The first-order chi connectivity index (χ1) is 15.9. The fourth-order valence-corrected chi connectivity index (χ4v) is 4.01. The number of hydrogen-bond acceptors (Lipinski definition) is 5. The summed E-state index contributed by atoms with van der Waals surface area (Å²) >= 11 is 0. The Kier molecular flexibility index (Phi) is 5.36. The van der Waals surface area contributed by atoms with Gasteiger partial charge in [-0.15, -0.1) is 0 Å². The van der Waals surface area contributed by atoms with Crippen LogP contribution in [0.25, 0.3) is 11.0 Å². The molecular formula is C25H29N7O. The highest BCUT2D eigenvalue weighted by molar-refractivity contribution is 6.11. The van der Waals surface area contributed by atoms with Crippen molar-refractivity contribution in [2.45, 2.75) is 45.2 Å². The van der Waals surface area contributed by atoms with E-state index in [2.05, 4.69) is 58.5 Å². The molecule has 170 valence electrons. The fraction of sp³-hybridized carbons (Fsp3) is 0.360. The quantitative estimate of drug-likeness (QED) is 0.456. The SMILES string of the molecule is CC(C)n1ncc2c(C(=O)Nc3ccnn3Cc3ccc(N(C)C)cc3)cc(C3CC3)nc21. The molecule has 0 spiro atoms. The molecule has 0 unspecified atom stereocenters. The number of anilines is 2. The lowest BCUT2D eigenvalue weighted by Gasteiger charge is -2.14. The van der Waals surface area contributed by atoms with E-state index in [-0.39, 0.29) is 11.9 Å². The highest BCUT2D eigenvalue weighted by Gasteiger charge is 2.28. The van der Waals surface area contributed by atoms with Crippen molar-refractivity contribution in [2.75, 3.05) is 24.3 Å². The lowest BCUT2D eigenvalue weighted by atomic mass is 10.1. The second-order valence-corrected chi connectivity index (χ2v) is 9.18. The molecule has 5 rings (SSSR count). The third kappa shape index (κ3) is 4.20. The van der Waals surface area contributed by atoms with Gasteiger partial charge in [0.15, 0.2) is 5.65 Å². The van der Waals surface area contributed by atoms with E-state index >= 15 is 0 Å². The van der Waals surface area contributed by atoms with E-state index in [1.54, 1.807) is 17.1 Å². The minimum atomic E-state index is -0.169. The smallest absolute Gasteiger partial charge is 0.257 e. The fourth-order valence-electron chi connectivity index (χ4n) is 4.01. The minimum absolute atomic E-state index is 0.167. The maximum absolute atomic E-state index is 13.4. The summed E-state index contributed by atoms with van der Waals surface area (Å²) in [7, 11) is 4.04. The second kappa shape index (κ2) is 8.35. The van der Waals surface area contributed by atoms with Gasteiger partial charge in [0.2, 0.25) is 0 Å². The van der Waals surface area contributed by atoms with E-state index in [0.29, 0.717) is 23.8 Å². The van der Waals surface area contributed by atoms with Crippen molar-refractivity contribution in [3.63, 3.8) is 0 Å². The summed E-state index contributed by atoms with van der Waals surface area (Å²) in [6.45, 7) is 4.71. The van der Waals surface area contributed by atoms with Gasteiger partial charge in [-0.05, 0) is 50.5 Å². The number of pyridine rings is 1. The number of carbonyl (C=O) groups is 1. The first-order valence-corrected chi connectivity index (χ1v) is 11.4. The van der Waals surface area contributed by atoms with Gasteiger partial charge >= 0.3 is 0 Å². The van der Waals surface area contributed by atoms with Crippen molar-refractivity contribution < 1.29 is 4.79 Å². The predicted octanol–water partition coefficient (Wildman–Crippen LogP) is 4.45. The van der Waals surface area contributed by atoms with Gasteiger partial charge in [-0.1, -0.05) is 12.1 Å². The summed E-state index contributed by atoms with van der Waals surface area (Å²) in [4.78, 5) is 20.3. The van der Waals surface area contributed by atoms with Crippen molar-refractivity contribution >= 4 is 28.4 Å². The molecule has 1 saturated carbocycles. The van der Waals surface area contributed by atoms with Crippen LogP contribution < -0.4 is 10.2 Å². The molecule has 8 heteroatoms. The molecule has 0 atom stereocenters. The molecule has 1 amide bonds. The molecule has 1 fully saturated rings. The molecule has 1 aromatic carbocycles. The van der Waals surface area contributed by atoms with Crippen LogP contribution in [0.15, 0.2) is 48.8 Å². The molecule has 33 heavy (non-hydrogen) atoms. The average Bonchev–Trinajstić information content (AvgIpc) is 3.42.